The van der Waals surface area contributed by atoms with Gasteiger partial charge in [-0.05, 0) is 83.1 Å². The summed E-state index contributed by atoms with van der Waals surface area (Å²) in [4.78, 5) is 58.1. The topological polar surface area (TPSA) is 134 Å². The maximum absolute atomic E-state index is 13.5. The summed E-state index contributed by atoms with van der Waals surface area (Å²) < 4.78 is 32.9. The number of aromatic nitrogens is 3. The molecule has 13 heteroatoms. The van der Waals surface area contributed by atoms with Crippen LogP contribution in [0.5, 0.6) is 17.2 Å². The van der Waals surface area contributed by atoms with Crippen molar-refractivity contribution in [3.63, 3.8) is 0 Å². The molecule has 0 spiro atoms. The molecule has 45 heavy (non-hydrogen) atoms. The lowest BCUT2D eigenvalue weighted by Crippen LogP contribution is -2.42. The molecule has 0 saturated heterocycles. The van der Waals surface area contributed by atoms with Crippen molar-refractivity contribution < 1.29 is 28.2 Å². The van der Waals surface area contributed by atoms with Crippen molar-refractivity contribution in [3.05, 3.63) is 99.2 Å². The van der Waals surface area contributed by atoms with Gasteiger partial charge in [-0.2, -0.15) is 0 Å². The third-order valence-corrected chi connectivity index (χ3v) is 6.62. The van der Waals surface area contributed by atoms with E-state index >= 15 is 0 Å². The highest BCUT2D eigenvalue weighted by Gasteiger charge is 2.31. The van der Waals surface area contributed by atoms with E-state index in [9.17, 15) is 23.6 Å². The van der Waals surface area contributed by atoms with Crippen LogP contribution < -0.4 is 30.9 Å². The fourth-order valence-electron chi connectivity index (χ4n) is 4.52. The lowest BCUT2D eigenvalue weighted by Gasteiger charge is -2.31. The molecule has 0 saturated carbocycles. The summed E-state index contributed by atoms with van der Waals surface area (Å²) in [6.45, 7) is 9.28. The minimum Gasteiger partial charge on any atom is -0.484 e. The van der Waals surface area contributed by atoms with Crippen molar-refractivity contribution in [1.82, 2.24) is 14.1 Å². The van der Waals surface area contributed by atoms with Crippen LogP contribution in [0.15, 0.2) is 76.6 Å². The highest BCUT2D eigenvalue weighted by Crippen LogP contribution is 2.40. The molecule has 0 radical (unpaired) electrons. The van der Waals surface area contributed by atoms with Gasteiger partial charge in [-0.15, -0.1) is 0 Å². The van der Waals surface area contributed by atoms with Gasteiger partial charge in [0.2, 0.25) is 5.75 Å². The fourth-order valence-corrected chi connectivity index (χ4v) is 4.52. The van der Waals surface area contributed by atoms with Crippen molar-refractivity contribution in [2.45, 2.75) is 46.3 Å². The SMILES string of the molecule is CC(C)n1cc(C(=O)Nc2ccc(Oc3ccnc4c3OCCN4C(=O)OC(C)(C)C)cc2)c(=O)n(-c2ccc(F)cc2)c1=O. The molecular formula is C32H32FN5O7. The standard InChI is InChI=1S/C32H32FN5O7/c1-19(2)37-18-24(29(40)38(30(37)41)22-10-6-20(33)7-11-22)28(39)35-21-8-12-23(13-9-21)44-25-14-15-34-27-26(25)43-17-16-36(27)31(42)45-32(3,4)5/h6-15,18-19H,16-17H2,1-5H3,(H,35,39). The fraction of sp³-hybridized carbons (Fsp3) is 0.281. The predicted molar refractivity (Wildman–Crippen MR) is 164 cm³/mol. The van der Waals surface area contributed by atoms with Gasteiger partial charge in [0, 0.05) is 30.2 Å². The number of nitrogens with zero attached hydrogens (tertiary/aromatic N) is 4. The highest BCUT2D eigenvalue weighted by molar-refractivity contribution is 6.03. The van der Waals surface area contributed by atoms with Crippen LogP contribution in [-0.2, 0) is 4.74 Å². The molecule has 5 rings (SSSR count). The zero-order valence-corrected chi connectivity index (χ0v) is 25.4. The Morgan fingerprint density at radius 1 is 1.02 bits per heavy atom. The molecule has 0 fully saturated rings. The quantitative estimate of drug-likeness (QED) is 0.309. The number of ether oxygens (including phenoxy) is 3. The van der Waals surface area contributed by atoms with Crippen molar-refractivity contribution in [1.29, 1.82) is 0 Å². The molecule has 0 atom stereocenters. The smallest absolute Gasteiger partial charge is 0.416 e. The molecule has 2 aromatic heterocycles. The van der Waals surface area contributed by atoms with E-state index in [4.69, 9.17) is 14.2 Å². The van der Waals surface area contributed by atoms with Crippen LogP contribution >= 0.6 is 0 Å². The molecule has 4 aromatic rings. The van der Waals surface area contributed by atoms with Crippen LogP contribution in [0.4, 0.5) is 20.7 Å². The predicted octanol–water partition coefficient (Wildman–Crippen LogP) is 5.29. The highest BCUT2D eigenvalue weighted by atomic mass is 19.1. The molecule has 1 aliphatic heterocycles. The molecular weight excluding hydrogens is 585 g/mol. The maximum atomic E-state index is 13.5. The van der Waals surface area contributed by atoms with E-state index in [0.29, 0.717) is 17.2 Å². The van der Waals surface area contributed by atoms with Crippen LogP contribution in [0.3, 0.4) is 0 Å². The van der Waals surface area contributed by atoms with Gasteiger partial charge in [-0.25, -0.2) is 23.5 Å². The Morgan fingerprint density at radius 3 is 2.36 bits per heavy atom. The van der Waals surface area contributed by atoms with E-state index in [2.05, 4.69) is 10.3 Å². The first-order valence-corrected chi connectivity index (χ1v) is 14.2. The summed E-state index contributed by atoms with van der Waals surface area (Å²) in [7, 11) is 0. The van der Waals surface area contributed by atoms with Gasteiger partial charge in [0.25, 0.3) is 11.5 Å². The molecule has 2 amide bonds. The normalized spacial score (nSPS) is 12.7. The van der Waals surface area contributed by atoms with Gasteiger partial charge in [-0.1, -0.05) is 0 Å². The summed E-state index contributed by atoms with van der Waals surface area (Å²) in [5.41, 5.74) is -1.97. The summed E-state index contributed by atoms with van der Waals surface area (Å²) in [6, 6.07) is 12.4. The number of nitrogens with one attached hydrogen (secondary N) is 1. The molecule has 1 aliphatic rings. The minimum absolute atomic E-state index is 0.133. The van der Waals surface area contributed by atoms with E-state index in [1.807, 2.05) is 0 Å². The van der Waals surface area contributed by atoms with E-state index in [1.54, 1.807) is 65.0 Å². The zero-order valence-electron chi connectivity index (χ0n) is 25.4. The number of benzene rings is 2. The summed E-state index contributed by atoms with van der Waals surface area (Å²) >= 11 is 0. The van der Waals surface area contributed by atoms with Crippen LogP contribution in [0, 0.1) is 5.82 Å². The molecule has 3 heterocycles. The van der Waals surface area contributed by atoms with Crippen LogP contribution in [0.2, 0.25) is 0 Å². The first-order valence-electron chi connectivity index (χ1n) is 14.2. The largest absolute Gasteiger partial charge is 0.484 e. The van der Waals surface area contributed by atoms with Gasteiger partial charge in [-0.3, -0.25) is 19.1 Å². The maximum Gasteiger partial charge on any atom is 0.416 e. The Bertz CT molecular complexity index is 1860. The second-order valence-corrected chi connectivity index (χ2v) is 11.5. The Morgan fingerprint density at radius 2 is 1.71 bits per heavy atom. The Hall–Kier alpha value is -5.46. The zero-order chi connectivity index (χ0) is 32.5. The van der Waals surface area contributed by atoms with E-state index in [-0.39, 0.29) is 42.0 Å². The summed E-state index contributed by atoms with van der Waals surface area (Å²) in [6.07, 6.45) is 2.16. The van der Waals surface area contributed by atoms with Crippen molar-refractivity contribution in [2.75, 3.05) is 23.4 Å². The van der Waals surface area contributed by atoms with Crippen molar-refractivity contribution in [2.24, 2.45) is 0 Å². The van der Waals surface area contributed by atoms with Gasteiger partial charge in [0.15, 0.2) is 11.6 Å². The molecule has 2 aromatic carbocycles. The summed E-state index contributed by atoms with van der Waals surface area (Å²) in [5.74, 6) is -0.00135. The molecule has 0 aliphatic carbocycles. The number of fused-ring (bicyclic) bond motifs is 1. The van der Waals surface area contributed by atoms with Crippen LogP contribution in [-0.4, -0.2) is 44.9 Å². The summed E-state index contributed by atoms with van der Waals surface area (Å²) in [5, 5.41) is 2.67. The average molecular weight is 618 g/mol. The second-order valence-electron chi connectivity index (χ2n) is 11.5. The van der Waals surface area contributed by atoms with Gasteiger partial charge < -0.3 is 19.5 Å². The first kappa shape index (κ1) is 31.0. The number of carbonyl (C=O) groups excluding carboxylic acids is 2. The number of anilines is 2. The molecule has 1 N–H and O–H groups in total. The third kappa shape index (κ3) is 6.71. The number of hydrogen-bond acceptors (Lipinski definition) is 8. The van der Waals surface area contributed by atoms with Crippen molar-refractivity contribution >= 4 is 23.5 Å². The number of rotatable bonds is 6. The number of amides is 2. The number of carbonyl (C=O) groups is 2. The van der Waals surface area contributed by atoms with Crippen LogP contribution in [0.1, 0.15) is 51.0 Å². The van der Waals surface area contributed by atoms with Crippen LogP contribution in [0.25, 0.3) is 5.69 Å². The Labute approximate surface area is 257 Å². The molecule has 0 bridgehead atoms. The lowest BCUT2D eigenvalue weighted by molar-refractivity contribution is 0.0565. The van der Waals surface area contributed by atoms with E-state index in [0.717, 1.165) is 16.7 Å². The number of pyridine rings is 1. The second kappa shape index (κ2) is 12.3. The van der Waals surface area contributed by atoms with E-state index in [1.165, 1.54) is 34.0 Å². The lowest BCUT2D eigenvalue weighted by atomic mass is 10.2. The third-order valence-electron chi connectivity index (χ3n) is 6.62. The van der Waals surface area contributed by atoms with Gasteiger partial charge >= 0.3 is 11.8 Å². The van der Waals surface area contributed by atoms with Gasteiger partial charge in [0.1, 0.15) is 29.3 Å². The Balaban J connectivity index is 1.37. The first-order chi connectivity index (χ1) is 21.3. The monoisotopic (exact) mass is 617 g/mol. The van der Waals surface area contributed by atoms with Gasteiger partial charge in [0.05, 0.1) is 12.2 Å². The molecule has 234 valence electrons. The Kier molecular flexibility index (Phi) is 8.45. The number of hydrogen-bond donors (Lipinski definition) is 1. The molecule has 12 nitrogen and oxygen atoms in total. The number of halogens is 1. The van der Waals surface area contributed by atoms with E-state index < -0.39 is 34.7 Å². The van der Waals surface area contributed by atoms with Crippen molar-refractivity contribution in [3.8, 4) is 22.9 Å². The molecule has 0 unspecified atom stereocenters. The minimum atomic E-state index is -0.844. The average Bonchev–Trinajstić information content (AvgIpc) is 2.98.